The first-order valence-electron chi connectivity index (χ1n) is 7.49. The number of hydrogen-bond donors (Lipinski definition) is 1. The van der Waals surface area contributed by atoms with Gasteiger partial charge in [-0.05, 0) is 24.1 Å². The molecule has 0 radical (unpaired) electrons. The maximum Gasteiger partial charge on any atom is 0.120 e. The highest BCUT2D eigenvalue weighted by molar-refractivity contribution is 5.59. The molecule has 1 aliphatic rings. The zero-order valence-electron chi connectivity index (χ0n) is 12.7. The molecule has 0 fully saturated rings. The van der Waals surface area contributed by atoms with E-state index in [1.807, 2.05) is 6.07 Å². The molecule has 0 saturated carbocycles. The van der Waals surface area contributed by atoms with Gasteiger partial charge in [-0.2, -0.15) is 0 Å². The summed E-state index contributed by atoms with van der Waals surface area (Å²) in [6.07, 6.45) is 0. The SMILES string of the molecule is COc1ccc2c(c1)N(C(C)c1ccccc1)CCNC2. The molecule has 1 aliphatic heterocycles. The molecule has 1 unspecified atom stereocenters. The molecule has 2 aromatic carbocycles. The third kappa shape index (κ3) is 2.88. The van der Waals surface area contributed by atoms with Gasteiger partial charge in [0, 0.05) is 31.4 Å². The van der Waals surface area contributed by atoms with E-state index in [-0.39, 0.29) is 0 Å². The Morgan fingerprint density at radius 3 is 2.71 bits per heavy atom. The number of nitrogens with one attached hydrogen (secondary N) is 1. The fraction of sp³-hybridized carbons (Fsp3) is 0.333. The topological polar surface area (TPSA) is 24.5 Å². The quantitative estimate of drug-likeness (QED) is 0.934. The first kappa shape index (κ1) is 14.0. The number of anilines is 1. The summed E-state index contributed by atoms with van der Waals surface area (Å²) in [5.74, 6) is 0.918. The Bertz CT molecular complexity index is 597. The Balaban J connectivity index is 1.99. The number of rotatable bonds is 3. The molecule has 110 valence electrons. The average molecular weight is 282 g/mol. The van der Waals surface area contributed by atoms with E-state index in [9.17, 15) is 0 Å². The summed E-state index contributed by atoms with van der Waals surface area (Å²) in [6.45, 7) is 5.17. The smallest absolute Gasteiger partial charge is 0.120 e. The van der Waals surface area contributed by atoms with Gasteiger partial charge in [-0.3, -0.25) is 0 Å². The van der Waals surface area contributed by atoms with Crippen LogP contribution in [0.4, 0.5) is 5.69 Å². The summed E-state index contributed by atoms with van der Waals surface area (Å²) in [4.78, 5) is 2.47. The number of fused-ring (bicyclic) bond motifs is 1. The Kier molecular flexibility index (Phi) is 4.11. The van der Waals surface area contributed by atoms with Crippen LogP contribution in [-0.4, -0.2) is 20.2 Å². The third-order valence-corrected chi connectivity index (χ3v) is 4.20. The maximum atomic E-state index is 5.41. The van der Waals surface area contributed by atoms with Crippen LogP contribution < -0.4 is 15.0 Å². The molecule has 0 aromatic heterocycles. The largest absolute Gasteiger partial charge is 0.497 e. The molecular formula is C18H22N2O. The second-order valence-corrected chi connectivity index (χ2v) is 5.45. The number of ether oxygens (including phenoxy) is 1. The fourth-order valence-corrected chi connectivity index (χ4v) is 2.94. The molecule has 3 nitrogen and oxygen atoms in total. The van der Waals surface area contributed by atoms with Crippen LogP contribution in [0.5, 0.6) is 5.75 Å². The minimum atomic E-state index is 0.344. The fourth-order valence-electron chi connectivity index (χ4n) is 2.94. The number of methoxy groups -OCH3 is 1. The van der Waals surface area contributed by atoms with Crippen molar-refractivity contribution < 1.29 is 4.74 Å². The summed E-state index contributed by atoms with van der Waals surface area (Å²) in [7, 11) is 1.72. The first-order valence-corrected chi connectivity index (χ1v) is 7.49. The number of hydrogen-bond acceptors (Lipinski definition) is 3. The highest BCUT2D eigenvalue weighted by atomic mass is 16.5. The molecule has 0 aliphatic carbocycles. The predicted octanol–water partition coefficient (Wildman–Crippen LogP) is 3.37. The molecule has 3 heteroatoms. The van der Waals surface area contributed by atoms with Crippen molar-refractivity contribution in [2.75, 3.05) is 25.1 Å². The minimum Gasteiger partial charge on any atom is -0.497 e. The molecule has 21 heavy (non-hydrogen) atoms. The van der Waals surface area contributed by atoms with Crippen LogP contribution in [0.25, 0.3) is 0 Å². The van der Waals surface area contributed by atoms with Crippen LogP contribution in [0, 0.1) is 0 Å². The van der Waals surface area contributed by atoms with Crippen LogP contribution >= 0.6 is 0 Å². The van der Waals surface area contributed by atoms with E-state index in [4.69, 9.17) is 4.74 Å². The van der Waals surface area contributed by atoms with Crippen LogP contribution in [0.2, 0.25) is 0 Å². The van der Waals surface area contributed by atoms with Crippen molar-refractivity contribution in [3.63, 3.8) is 0 Å². The Labute approximate surface area is 126 Å². The maximum absolute atomic E-state index is 5.41. The molecule has 1 N–H and O–H groups in total. The molecule has 0 saturated heterocycles. The minimum absolute atomic E-state index is 0.344. The molecule has 0 bridgehead atoms. The molecule has 0 spiro atoms. The van der Waals surface area contributed by atoms with Crippen LogP contribution in [-0.2, 0) is 6.54 Å². The predicted molar refractivity (Wildman–Crippen MR) is 86.9 cm³/mol. The monoisotopic (exact) mass is 282 g/mol. The second kappa shape index (κ2) is 6.19. The van der Waals surface area contributed by atoms with Crippen molar-refractivity contribution >= 4 is 5.69 Å². The summed E-state index contributed by atoms with van der Waals surface area (Å²) >= 11 is 0. The van der Waals surface area contributed by atoms with Gasteiger partial charge in [0.2, 0.25) is 0 Å². The zero-order valence-corrected chi connectivity index (χ0v) is 12.7. The normalized spacial score (nSPS) is 16.0. The van der Waals surface area contributed by atoms with E-state index < -0.39 is 0 Å². The first-order chi connectivity index (χ1) is 10.3. The number of nitrogens with zero attached hydrogens (tertiary/aromatic N) is 1. The van der Waals surface area contributed by atoms with Gasteiger partial charge >= 0.3 is 0 Å². The van der Waals surface area contributed by atoms with Crippen molar-refractivity contribution in [1.82, 2.24) is 5.32 Å². The van der Waals surface area contributed by atoms with E-state index in [0.29, 0.717) is 6.04 Å². The van der Waals surface area contributed by atoms with Gasteiger partial charge in [0.25, 0.3) is 0 Å². The Morgan fingerprint density at radius 1 is 1.14 bits per heavy atom. The molecule has 1 atom stereocenters. The van der Waals surface area contributed by atoms with E-state index in [0.717, 1.165) is 25.4 Å². The summed E-state index contributed by atoms with van der Waals surface area (Å²) in [6, 6.07) is 17.4. The van der Waals surface area contributed by atoms with Gasteiger partial charge in [-0.25, -0.2) is 0 Å². The van der Waals surface area contributed by atoms with E-state index in [2.05, 4.69) is 59.6 Å². The van der Waals surface area contributed by atoms with E-state index in [1.165, 1.54) is 16.8 Å². The Hall–Kier alpha value is -2.00. The zero-order chi connectivity index (χ0) is 14.7. The third-order valence-electron chi connectivity index (χ3n) is 4.20. The van der Waals surface area contributed by atoms with Crippen molar-refractivity contribution in [3.05, 3.63) is 59.7 Å². The van der Waals surface area contributed by atoms with Crippen molar-refractivity contribution in [2.24, 2.45) is 0 Å². The summed E-state index contributed by atoms with van der Waals surface area (Å²) < 4.78 is 5.41. The van der Waals surface area contributed by atoms with E-state index >= 15 is 0 Å². The summed E-state index contributed by atoms with van der Waals surface area (Å²) in [5.41, 5.74) is 3.94. The molecule has 3 rings (SSSR count). The van der Waals surface area contributed by atoms with Crippen LogP contribution in [0.15, 0.2) is 48.5 Å². The molecule has 2 aromatic rings. The molecule has 0 amide bonds. The van der Waals surface area contributed by atoms with Crippen LogP contribution in [0.1, 0.15) is 24.1 Å². The van der Waals surface area contributed by atoms with Gasteiger partial charge in [0.05, 0.1) is 13.2 Å². The molecular weight excluding hydrogens is 260 g/mol. The van der Waals surface area contributed by atoms with Crippen LogP contribution in [0.3, 0.4) is 0 Å². The number of benzene rings is 2. The lowest BCUT2D eigenvalue weighted by molar-refractivity contribution is 0.414. The average Bonchev–Trinajstić information content (AvgIpc) is 2.76. The standard InChI is InChI=1S/C18H22N2O/c1-14(15-6-4-3-5-7-15)20-11-10-19-13-16-8-9-17(21-2)12-18(16)20/h3-9,12,14,19H,10-11,13H2,1-2H3. The van der Waals surface area contributed by atoms with Gasteiger partial charge in [-0.1, -0.05) is 36.4 Å². The van der Waals surface area contributed by atoms with E-state index in [1.54, 1.807) is 7.11 Å². The van der Waals surface area contributed by atoms with Crippen molar-refractivity contribution in [3.8, 4) is 5.75 Å². The highest BCUT2D eigenvalue weighted by Crippen LogP contribution is 2.33. The summed E-state index contributed by atoms with van der Waals surface area (Å²) in [5, 5.41) is 3.49. The van der Waals surface area contributed by atoms with Gasteiger partial charge < -0.3 is 15.0 Å². The van der Waals surface area contributed by atoms with Gasteiger partial charge in [-0.15, -0.1) is 0 Å². The van der Waals surface area contributed by atoms with Crippen molar-refractivity contribution in [1.29, 1.82) is 0 Å². The highest BCUT2D eigenvalue weighted by Gasteiger charge is 2.21. The lowest BCUT2D eigenvalue weighted by Crippen LogP contribution is -2.31. The van der Waals surface area contributed by atoms with Crippen molar-refractivity contribution in [2.45, 2.75) is 19.5 Å². The second-order valence-electron chi connectivity index (χ2n) is 5.45. The molecule has 1 heterocycles. The lowest BCUT2D eigenvalue weighted by atomic mass is 10.0. The Morgan fingerprint density at radius 2 is 1.95 bits per heavy atom. The van der Waals surface area contributed by atoms with Gasteiger partial charge in [0.1, 0.15) is 5.75 Å². The lowest BCUT2D eigenvalue weighted by Gasteiger charge is -2.32. The van der Waals surface area contributed by atoms with Gasteiger partial charge in [0.15, 0.2) is 0 Å².